The molecule has 0 radical (unpaired) electrons. The summed E-state index contributed by atoms with van der Waals surface area (Å²) in [5, 5.41) is 4.88. The van der Waals surface area contributed by atoms with E-state index in [0.717, 1.165) is 16.9 Å². The second kappa shape index (κ2) is 9.35. The van der Waals surface area contributed by atoms with Crippen molar-refractivity contribution in [1.82, 2.24) is 5.43 Å². The molecule has 0 heterocycles. The number of carbonyl (C=O) groups excluding carboxylic acids is 1. The molecule has 4 nitrogen and oxygen atoms in total. The molecule has 0 fully saturated rings. The Bertz CT molecular complexity index is 700. The molecule has 0 bridgehead atoms. The minimum atomic E-state index is -0.581. The molecule has 0 aliphatic rings. The number of ether oxygens (including phenoxy) is 1. The van der Waals surface area contributed by atoms with Gasteiger partial charge >= 0.3 is 6.09 Å². The lowest BCUT2D eigenvalue weighted by atomic mass is 10.0. The van der Waals surface area contributed by atoms with Crippen LogP contribution in [0.15, 0.2) is 53.6 Å². The van der Waals surface area contributed by atoms with Crippen LogP contribution < -0.4 is 5.43 Å². The molecule has 2 aromatic rings. The van der Waals surface area contributed by atoms with Crippen molar-refractivity contribution >= 4 is 35.2 Å². The quantitative estimate of drug-likeness (QED) is 0.598. The van der Waals surface area contributed by atoms with Gasteiger partial charge < -0.3 is 4.74 Å². The fourth-order valence-electron chi connectivity index (χ4n) is 2.09. The minimum absolute atomic E-state index is 0.293. The highest BCUT2D eigenvalue weighted by Gasteiger charge is 2.09. The molecule has 0 aliphatic carbocycles. The van der Waals surface area contributed by atoms with Gasteiger partial charge in [-0.25, -0.2) is 10.2 Å². The lowest BCUT2D eigenvalue weighted by Crippen LogP contribution is -2.21. The van der Waals surface area contributed by atoms with Gasteiger partial charge in [0.05, 0.1) is 12.3 Å². The fraction of sp³-hybridized carbons (Fsp3) is 0.222. The van der Waals surface area contributed by atoms with Gasteiger partial charge in [0.1, 0.15) is 0 Å². The standard InChI is InChI=1S/C18H19ClN2O2S/c1-3-23-18(22)21-20-17(15-8-10-16(19)11-9-15)14-6-4-13(5-7-14)12-24-2/h4-11H,3,12H2,1-2H3,(H,21,22). The van der Waals surface area contributed by atoms with Gasteiger partial charge in [-0.2, -0.15) is 16.9 Å². The minimum Gasteiger partial charge on any atom is -0.449 e. The van der Waals surface area contributed by atoms with E-state index >= 15 is 0 Å². The second-order valence-electron chi connectivity index (χ2n) is 4.93. The highest BCUT2D eigenvalue weighted by atomic mass is 35.5. The summed E-state index contributed by atoms with van der Waals surface area (Å²) < 4.78 is 4.85. The van der Waals surface area contributed by atoms with E-state index in [2.05, 4.69) is 28.9 Å². The molecule has 1 N–H and O–H groups in total. The van der Waals surface area contributed by atoms with Crippen molar-refractivity contribution in [2.24, 2.45) is 5.10 Å². The van der Waals surface area contributed by atoms with Crippen molar-refractivity contribution in [3.05, 3.63) is 70.2 Å². The Morgan fingerprint density at radius 2 is 1.71 bits per heavy atom. The van der Waals surface area contributed by atoms with Crippen molar-refractivity contribution in [1.29, 1.82) is 0 Å². The second-order valence-corrected chi connectivity index (χ2v) is 6.23. The van der Waals surface area contributed by atoms with Crippen molar-refractivity contribution in [2.45, 2.75) is 12.7 Å². The summed E-state index contributed by atoms with van der Waals surface area (Å²) in [7, 11) is 0. The third kappa shape index (κ3) is 5.28. The van der Waals surface area contributed by atoms with Crippen molar-refractivity contribution in [3.8, 4) is 0 Å². The van der Waals surface area contributed by atoms with E-state index in [-0.39, 0.29) is 0 Å². The van der Waals surface area contributed by atoms with E-state index in [9.17, 15) is 4.79 Å². The predicted octanol–water partition coefficient (Wildman–Crippen LogP) is 4.70. The Hall–Kier alpha value is -1.98. The maximum atomic E-state index is 11.5. The SMILES string of the molecule is CCOC(=O)NN=C(c1ccc(Cl)cc1)c1ccc(CSC)cc1. The summed E-state index contributed by atoms with van der Waals surface area (Å²) in [6, 6.07) is 15.4. The Labute approximate surface area is 151 Å². The predicted molar refractivity (Wildman–Crippen MR) is 101 cm³/mol. The maximum Gasteiger partial charge on any atom is 0.427 e. The number of nitrogens with zero attached hydrogens (tertiary/aromatic N) is 1. The number of benzene rings is 2. The zero-order chi connectivity index (χ0) is 17.4. The number of hydrazone groups is 1. The molecule has 0 aromatic heterocycles. The topological polar surface area (TPSA) is 50.7 Å². The van der Waals surface area contributed by atoms with Crippen LogP contribution in [0.5, 0.6) is 0 Å². The van der Waals surface area contributed by atoms with Gasteiger partial charge in [0.25, 0.3) is 0 Å². The zero-order valence-electron chi connectivity index (χ0n) is 13.6. The van der Waals surface area contributed by atoms with Crippen LogP contribution in [0.3, 0.4) is 0 Å². The van der Waals surface area contributed by atoms with E-state index in [1.165, 1.54) is 5.56 Å². The number of carbonyl (C=O) groups is 1. The van der Waals surface area contributed by atoms with Crippen LogP contribution in [0.1, 0.15) is 23.6 Å². The van der Waals surface area contributed by atoms with Gasteiger partial charge in [0.2, 0.25) is 0 Å². The van der Waals surface area contributed by atoms with Crippen LogP contribution in [0, 0.1) is 0 Å². The lowest BCUT2D eigenvalue weighted by molar-refractivity contribution is 0.152. The molecule has 126 valence electrons. The van der Waals surface area contributed by atoms with Crippen LogP contribution in [0.2, 0.25) is 5.02 Å². The number of rotatable bonds is 6. The first kappa shape index (κ1) is 18.4. The molecule has 0 saturated carbocycles. The first-order valence-electron chi connectivity index (χ1n) is 7.48. The third-order valence-electron chi connectivity index (χ3n) is 3.19. The van der Waals surface area contributed by atoms with Gasteiger partial charge in [-0.05, 0) is 30.9 Å². The summed E-state index contributed by atoms with van der Waals surface area (Å²) in [5.41, 5.74) is 6.07. The average molecular weight is 363 g/mol. The molecule has 0 spiro atoms. The van der Waals surface area contributed by atoms with Gasteiger partial charge in [0, 0.05) is 21.9 Å². The Kier molecular flexibility index (Phi) is 7.15. The number of nitrogens with one attached hydrogen (secondary N) is 1. The van der Waals surface area contributed by atoms with Crippen molar-refractivity contribution < 1.29 is 9.53 Å². The molecular formula is C18H19ClN2O2S. The van der Waals surface area contributed by atoms with Crippen LogP contribution in [-0.4, -0.2) is 24.7 Å². The average Bonchev–Trinajstić information content (AvgIpc) is 2.58. The summed E-state index contributed by atoms with van der Waals surface area (Å²) in [6.45, 7) is 2.04. The largest absolute Gasteiger partial charge is 0.449 e. The summed E-state index contributed by atoms with van der Waals surface area (Å²) in [6.07, 6.45) is 1.49. The maximum absolute atomic E-state index is 11.5. The Morgan fingerprint density at radius 1 is 1.12 bits per heavy atom. The Balaban J connectivity index is 2.32. The first-order chi connectivity index (χ1) is 11.6. The van der Waals surface area contributed by atoms with Crippen LogP contribution in [0.4, 0.5) is 4.79 Å². The molecule has 1 amide bonds. The molecule has 2 aromatic carbocycles. The lowest BCUT2D eigenvalue weighted by Gasteiger charge is -2.09. The molecule has 0 atom stereocenters. The molecule has 0 aliphatic heterocycles. The smallest absolute Gasteiger partial charge is 0.427 e. The van der Waals surface area contributed by atoms with Crippen LogP contribution in [-0.2, 0) is 10.5 Å². The fourth-order valence-corrected chi connectivity index (χ4v) is 2.75. The third-order valence-corrected chi connectivity index (χ3v) is 4.06. The van der Waals surface area contributed by atoms with Gasteiger partial charge in [-0.1, -0.05) is 48.0 Å². The molecule has 2 rings (SSSR count). The molecule has 6 heteroatoms. The highest BCUT2D eigenvalue weighted by molar-refractivity contribution is 7.97. The zero-order valence-corrected chi connectivity index (χ0v) is 15.2. The normalized spacial score (nSPS) is 11.2. The monoisotopic (exact) mass is 362 g/mol. The molecule has 0 unspecified atom stereocenters. The van der Waals surface area contributed by atoms with E-state index in [1.54, 1.807) is 30.8 Å². The summed E-state index contributed by atoms with van der Waals surface area (Å²) in [4.78, 5) is 11.5. The summed E-state index contributed by atoms with van der Waals surface area (Å²) >= 11 is 7.72. The van der Waals surface area contributed by atoms with Gasteiger partial charge in [-0.15, -0.1) is 0 Å². The summed E-state index contributed by atoms with van der Waals surface area (Å²) in [5.74, 6) is 0.953. The van der Waals surface area contributed by atoms with Crippen LogP contribution in [0.25, 0.3) is 0 Å². The van der Waals surface area contributed by atoms with E-state index in [4.69, 9.17) is 16.3 Å². The molecular weight excluding hydrogens is 344 g/mol. The molecule has 24 heavy (non-hydrogen) atoms. The number of amides is 1. The first-order valence-corrected chi connectivity index (χ1v) is 9.26. The van der Waals surface area contributed by atoms with E-state index in [0.29, 0.717) is 17.3 Å². The van der Waals surface area contributed by atoms with Gasteiger partial charge in [-0.3, -0.25) is 0 Å². The number of halogens is 1. The van der Waals surface area contributed by atoms with Gasteiger partial charge in [0.15, 0.2) is 0 Å². The van der Waals surface area contributed by atoms with Crippen molar-refractivity contribution in [3.63, 3.8) is 0 Å². The number of hydrogen-bond donors (Lipinski definition) is 1. The van der Waals surface area contributed by atoms with Crippen LogP contribution >= 0.6 is 23.4 Å². The Morgan fingerprint density at radius 3 is 2.25 bits per heavy atom. The highest BCUT2D eigenvalue weighted by Crippen LogP contribution is 2.17. The number of thioether (sulfide) groups is 1. The molecule has 0 saturated heterocycles. The van der Waals surface area contributed by atoms with E-state index < -0.39 is 6.09 Å². The van der Waals surface area contributed by atoms with E-state index in [1.807, 2.05) is 24.3 Å². The van der Waals surface area contributed by atoms with Crippen molar-refractivity contribution in [2.75, 3.05) is 12.9 Å². The number of hydrogen-bond acceptors (Lipinski definition) is 4.